The zero-order valence-corrected chi connectivity index (χ0v) is 9.15. The number of hydrogen-bond acceptors (Lipinski definition) is 2. The number of methoxy groups -OCH3 is 1. The minimum Gasteiger partial charge on any atom is -0.467 e. The first-order chi connectivity index (χ1) is 6.46. The van der Waals surface area contributed by atoms with Gasteiger partial charge >= 0.3 is 5.97 Å². The van der Waals surface area contributed by atoms with E-state index in [1.165, 1.54) is 7.11 Å². The van der Waals surface area contributed by atoms with Crippen LogP contribution in [0, 0.1) is 5.41 Å². The van der Waals surface area contributed by atoms with Crippen molar-refractivity contribution in [3.8, 4) is 0 Å². The minimum atomic E-state index is -0.262. The Labute approximate surface area is 84.7 Å². The molecule has 0 fully saturated rings. The summed E-state index contributed by atoms with van der Waals surface area (Å²) in [6, 6.07) is 3.55. The number of esters is 1. The Hall–Kier alpha value is -1.25. The molecule has 1 aromatic heterocycles. The van der Waals surface area contributed by atoms with Gasteiger partial charge in [0.25, 0.3) is 0 Å². The normalized spacial score (nSPS) is 13.7. The number of nitrogens with zero attached hydrogens (tertiary/aromatic N) is 1. The third-order valence-electron chi connectivity index (χ3n) is 2.17. The summed E-state index contributed by atoms with van der Waals surface area (Å²) in [6.07, 6.45) is 3.76. The first-order valence-corrected chi connectivity index (χ1v) is 4.67. The molecule has 1 aromatic rings. The highest BCUT2D eigenvalue weighted by Gasteiger charge is 2.33. The molecule has 0 radical (unpaired) electrons. The molecule has 0 N–H and O–H groups in total. The quantitative estimate of drug-likeness (QED) is 0.678. The average molecular weight is 195 g/mol. The van der Waals surface area contributed by atoms with Crippen molar-refractivity contribution in [3.63, 3.8) is 0 Å². The molecule has 1 heterocycles. The van der Waals surface area contributed by atoms with Crippen LogP contribution in [0.1, 0.15) is 26.8 Å². The average Bonchev–Trinajstić information content (AvgIpc) is 2.54. The van der Waals surface area contributed by atoms with Gasteiger partial charge in [0.15, 0.2) is 0 Å². The van der Waals surface area contributed by atoms with Crippen LogP contribution in [0.2, 0.25) is 0 Å². The van der Waals surface area contributed by atoms with Crippen molar-refractivity contribution in [1.29, 1.82) is 0 Å². The summed E-state index contributed by atoms with van der Waals surface area (Å²) in [4.78, 5) is 11.6. The Bertz CT molecular complexity index is 296. The van der Waals surface area contributed by atoms with Crippen LogP contribution in [0.25, 0.3) is 0 Å². The molecule has 0 unspecified atom stereocenters. The number of carbonyl (C=O) groups excluding carboxylic acids is 1. The zero-order valence-electron chi connectivity index (χ0n) is 9.15. The van der Waals surface area contributed by atoms with E-state index in [0.717, 1.165) is 0 Å². The van der Waals surface area contributed by atoms with Crippen molar-refractivity contribution in [3.05, 3.63) is 24.5 Å². The first kappa shape index (κ1) is 10.8. The van der Waals surface area contributed by atoms with E-state index in [2.05, 4.69) is 0 Å². The molecular formula is C11H17NO2. The van der Waals surface area contributed by atoms with E-state index in [0.29, 0.717) is 0 Å². The maximum absolute atomic E-state index is 11.6. The number of hydrogen-bond donors (Lipinski definition) is 0. The van der Waals surface area contributed by atoms with Crippen molar-refractivity contribution in [2.45, 2.75) is 26.8 Å². The monoisotopic (exact) mass is 195 g/mol. The predicted molar refractivity (Wildman–Crippen MR) is 54.9 cm³/mol. The lowest BCUT2D eigenvalue weighted by molar-refractivity contribution is -0.148. The summed E-state index contributed by atoms with van der Waals surface area (Å²) in [6.45, 7) is 6.07. The van der Waals surface area contributed by atoms with Gasteiger partial charge in [0, 0.05) is 12.4 Å². The first-order valence-electron chi connectivity index (χ1n) is 4.67. The maximum atomic E-state index is 11.6. The van der Waals surface area contributed by atoms with E-state index in [4.69, 9.17) is 4.74 Å². The zero-order chi connectivity index (χ0) is 10.8. The van der Waals surface area contributed by atoms with Crippen LogP contribution in [0.5, 0.6) is 0 Å². The third-order valence-corrected chi connectivity index (χ3v) is 2.17. The Morgan fingerprint density at radius 1 is 1.29 bits per heavy atom. The predicted octanol–water partition coefficient (Wildman–Crippen LogP) is 2.25. The smallest absolute Gasteiger partial charge is 0.329 e. The summed E-state index contributed by atoms with van der Waals surface area (Å²) in [5.41, 5.74) is -0.147. The number of carbonyl (C=O) groups is 1. The lowest BCUT2D eigenvalue weighted by Gasteiger charge is -2.29. The molecule has 0 aliphatic heterocycles. The van der Waals surface area contributed by atoms with Crippen molar-refractivity contribution in [1.82, 2.24) is 4.57 Å². The van der Waals surface area contributed by atoms with Crippen LogP contribution < -0.4 is 0 Å². The molecule has 0 saturated heterocycles. The second-order valence-electron chi connectivity index (χ2n) is 4.42. The van der Waals surface area contributed by atoms with Gasteiger partial charge < -0.3 is 9.30 Å². The molecule has 0 spiro atoms. The molecule has 0 saturated carbocycles. The van der Waals surface area contributed by atoms with E-state index in [1.54, 1.807) is 0 Å². The lowest BCUT2D eigenvalue weighted by Crippen LogP contribution is -2.31. The molecule has 3 nitrogen and oxygen atoms in total. The van der Waals surface area contributed by atoms with Gasteiger partial charge in [0.2, 0.25) is 0 Å². The van der Waals surface area contributed by atoms with E-state index in [9.17, 15) is 4.79 Å². The van der Waals surface area contributed by atoms with Crippen LogP contribution in [0.15, 0.2) is 24.5 Å². The van der Waals surface area contributed by atoms with Gasteiger partial charge in [0.1, 0.15) is 6.04 Å². The maximum Gasteiger partial charge on any atom is 0.329 e. The Kier molecular flexibility index (Phi) is 2.99. The Morgan fingerprint density at radius 2 is 1.79 bits per heavy atom. The molecule has 0 aliphatic rings. The Morgan fingerprint density at radius 3 is 2.14 bits per heavy atom. The van der Waals surface area contributed by atoms with Crippen LogP contribution in [0.4, 0.5) is 0 Å². The molecule has 1 atom stereocenters. The summed E-state index contributed by atoms with van der Waals surface area (Å²) in [7, 11) is 1.42. The molecule has 0 aromatic carbocycles. The highest BCUT2D eigenvalue weighted by Crippen LogP contribution is 2.31. The van der Waals surface area contributed by atoms with E-state index < -0.39 is 0 Å². The summed E-state index contributed by atoms with van der Waals surface area (Å²) in [5.74, 6) is -0.200. The highest BCUT2D eigenvalue weighted by molar-refractivity contribution is 5.75. The second kappa shape index (κ2) is 3.86. The van der Waals surface area contributed by atoms with Crippen molar-refractivity contribution < 1.29 is 9.53 Å². The fourth-order valence-corrected chi connectivity index (χ4v) is 1.55. The molecule has 0 bridgehead atoms. The molecule has 0 aliphatic carbocycles. The topological polar surface area (TPSA) is 31.2 Å². The molecule has 0 amide bonds. The SMILES string of the molecule is COC(=O)[C@@H](n1cccc1)C(C)(C)C. The lowest BCUT2D eigenvalue weighted by atomic mass is 9.86. The van der Waals surface area contributed by atoms with Gasteiger partial charge in [-0.3, -0.25) is 0 Å². The molecule has 1 rings (SSSR count). The van der Waals surface area contributed by atoms with Gasteiger partial charge in [0.05, 0.1) is 7.11 Å². The fraction of sp³-hybridized carbons (Fsp3) is 0.545. The summed E-state index contributed by atoms with van der Waals surface area (Å²) in [5, 5.41) is 0. The molecule has 78 valence electrons. The molecule has 3 heteroatoms. The van der Waals surface area contributed by atoms with Crippen LogP contribution in [0.3, 0.4) is 0 Å². The highest BCUT2D eigenvalue weighted by atomic mass is 16.5. The summed E-state index contributed by atoms with van der Waals surface area (Å²) >= 11 is 0. The molecular weight excluding hydrogens is 178 g/mol. The standard InChI is InChI=1S/C11H17NO2/c1-11(2,3)9(10(13)14-4)12-7-5-6-8-12/h5-9H,1-4H3/t9-/m1/s1. The minimum absolute atomic E-state index is 0.147. The van der Waals surface area contributed by atoms with Crippen molar-refractivity contribution in [2.75, 3.05) is 7.11 Å². The number of rotatable bonds is 2. The van der Waals surface area contributed by atoms with Crippen LogP contribution in [-0.4, -0.2) is 17.6 Å². The molecule has 14 heavy (non-hydrogen) atoms. The van der Waals surface area contributed by atoms with Gasteiger partial charge in [-0.1, -0.05) is 20.8 Å². The largest absolute Gasteiger partial charge is 0.467 e. The van der Waals surface area contributed by atoms with Crippen molar-refractivity contribution in [2.24, 2.45) is 5.41 Å². The summed E-state index contributed by atoms with van der Waals surface area (Å²) < 4.78 is 6.68. The third kappa shape index (κ3) is 2.16. The van der Waals surface area contributed by atoms with Gasteiger partial charge in [-0.15, -0.1) is 0 Å². The van der Waals surface area contributed by atoms with Crippen LogP contribution in [-0.2, 0) is 9.53 Å². The second-order valence-corrected chi connectivity index (χ2v) is 4.42. The number of aromatic nitrogens is 1. The Balaban J connectivity index is 3.01. The van der Waals surface area contributed by atoms with Gasteiger partial charge in [-0.25, -0.2) is 4.79 Å². The van der Waals surface area contributed by atoms with E-state index in [1.807, 2.05) is 49.9 Å². The van der Waals surface area contributed by atoms with Gasteiger partial charge in [-0.2, -0.15) is 0 Å². The van der Waals surface area contributed by atoms with E-state index in [-0.39, 0.29) is 17.4 Å². The van der Waals surface area contributed by atoms with Gasteiger partial charge in [-0.05, 0) is 17.5 Å². The van der Waals surface area contributed by atoms with Crippen LogP contribution >= 0.6 is 0 Å². The fourth-order valence-electron chi connectivity index (χ4n) is 1.55. The van der Waals surface area contributed by atoms with E-state index >= 15 is 0 Å². The number of ether oxygens (including phenoxy) is 1. The van der Waals surface area contributed by atoms with Crippen molar-refractivity contribution >= 4 is 5.97 Å².